The van der Waals surface area contributed by atoms with Crippen LogP contribution in [0.25, 0.3) is 0 Å². The van der Waals surface area contributed by atoms with Crippen molar-refractivity contribution < 1.29 is 9.90 Å². The molecule has 1 unspecified atom stereocenters. The van der Waals surface area contributed by atoms with Crippen molar-refractivity contribution in [3.8, 4) is 0 Å². The van der Waals surface area contributed by atoms with Gasteiger partial charge in [-0.15, -0.1) is 11.3 Å². The Hall–Kier alpha value is -0.650. The molecule has 0 bridgehead atoms. The summed E-state index contributed by atoms with van der Waals surface area (Å²) in [5.74, 6) is -0.845. The Morgan fingerprint density at radius 2 is 2.27 bits per heavy atom. The third kappa shape index (κ3) is 2.30. The molecule has 1 aromatic heterocycles. The lowest BCUT2D eigenvalue weighted by molar-refractivity contribution is -0.143. The molecule has 0 spiro atoms. The van der Waals surface area contributed by atoms with Crippen molar-refractivity contribution in [3.63, 3.8) is 0 Å². The van der Waals surface area contributed by atoms with Gasteiger partial charge in [0.25, 0.3) is 0 Å². The first-order chi connectivity index (χ1) is 7.18. The van der Waals surface area contributed by atoms with Crippen molar-refractivity contribution in [2.24, 2.45) is 0 Å². The Balaban J connectivity index is 2.22. The number of likely N-dealkylation sites (tertiary alicyclic amines) is 1. The monoisotopic (exact) mass is 246 g/mol. The molecule has 0 aromatic carbocycles. The summed E-state index contributed by atoms with van der Waals surface area (Å²) in [6.07, 6.45) is 3.62. The molecule has 4 nitrogen and oxygen atoms in total. The summed E-state index contributed by atoms with van der Waals surface area (Å²) < 4.78 is 0.537. The summed E-state index contributed by atoms with van der Waals surface area (Å²) in [5.41, 5.74) is 0. The molecule has 1 fully saturated rings. The Morgan fingerprint density at radius 1 is 1.60 bits per heavy atom. The molecule has 0 radical (unpaired) electrons. The third-order valence-electron chi connectivity index (χ3n) is 2.47. The zero-order chi connectivity index (χ0) is 10.8. The van der Waals surface area contributed by atoms with Crippen molar-refractivity contribution in [1.82, 2.24) is 9.88 Å². The highest BCUT2D eigenvalue weighted by atomic mass is 35.5. The van der Waals surface area contributed by atoms with Gasteiger partial charge in [-0.25, -0.2) is 4.98 Å². The summed E-state index contributed by atoms with van der Waals surface area (Å²) in [6.45, 7) is 1.66. The van der Waals surface area contributed by atoms with Crippen LogP contribution in [0, 0.1) is 0 Å². The van der Waals surface area contributed by atoms with Gasteiger partial charge in [0.2, 0.25) is 0 Å². The van der Waals surface area contributed by atoms with Crippen LogP contribution in [0.15, 0.2) is 6.20 Å². The van der Waals surface area contributed by atoms with Crippen LogP contribution < -0.4 is 0 Å². The van der Waals surface area contributed by atoms with E-state index in [2.05, 4.69) is 4.98 Å². The SMILES string of the molecule is O=C(O)C(c1ncc(Cl)s1)N1CCCC1. The number of hydrogen-bond acceptors (Lipinski definition) is 4. The molecule has 82 valence electrons. The predicted octanol–water partition coefficient (Wildman–Crippen LogP) is 2.02. The maximum absolute atomic E-state index is 11.2. The van der Waals surface area contributed by atoms with Gasteiger partial charge in [-0.05, 0) is 25.9 Å². The number of carboxylic acid groups (broad SMARTS) is 1. The standard InChI is InChI=1S/C9H11ClN2O2S/c10-6-5-11-8(15-6)7(9(13)14)12-3-1-2-4-12/h5,7H,1-4H2,(H,13,14). The average Bonchev–Trinajstić information content (AvgIpc) is 2.77. The highest BCUT2D eigenvalue weighted by Crippen LogP contribution is 2.30. The lowest BCUT2D eigenvalue weighted by atomic mass is 10.3. The van der Waals surface area contributed by atoms with Crippen LogP contribution >= 0.6 is 22.9 Å². The number of nitrogens with zero attached hydrogens (tertiary/aromatic N) is 2. The molecule has 0 saturated carbocycles. The van der Waals surface area contributed by atoms with Crippen LogP contribution in [0.3, 0.4) is 0 Å². The quantitative estimate of drug-likeness (QED) is 0.887. The minimum absolute atomic E-state index is 0.537. The molecule has 2 heterocycles. The van der Waals surface area contributed by atoms with E-state index in [1.54, 1.807) is 0 Å². The van der Waals surface area contributed by atoms with Gasteiger partial charge in [-0.1, -0.05) is 11.6 Å². The van der Waals surface area contributed by atoms with Crippen molar-refractivity contribution in [1.29, 1.82) is 0 Å². The normalized spacial score (nSPS) is 19.3. The van der Waals surface area contributed by atoms with E-state index in [1.807, 2.05) is 4.90 Å². The minimum atomic E-state index is -0.845. The van der Waals surface area contributed by atoms with Crippen molar-refractivity contribution in [2.75, 3.05) is 13.1 Å². The fourth-order valence-electron chi connectivity index (χ4n) is 1.81. The third-order valence-corrected chi connectivity index (χ3v) is 3.64. The fourth-order valence-corrected chi connectivity index (χ4v) is 2.87. The van der Waals surface area contributed by atoms with E-state index in [4.69, 9.17) is 11.6 Å². The summed E-state index contributed by atoms with van der Waals surface area (Å²) in [4.78, 5) is 17.2. The highest BCUT2D eigenvalue weighted by Gasteiger charge is 2.31. The molecule has 0 aliphatic carbocycles. The first kappa shape index (κ1) is 10.9. The number of rotatable bonds is 3. The van der Waals surface area contributed by atoms with E-state index in [0.717, 1.165) is 25.9 Å². The number of carbonyl (C=O) groups is 1. The van der Waals surface area contributed by atoms with Crippen LogP contribution in [0.4, 0.5) is 0 Å². The van der Waals surface area contributed by atoms with Crippen molar-refractivity contribution in [3.05, 3.63) is 15.5 Å². The van der Waals surface area contributed by atoms with Gasteiger partial charge in [0.1, 0.15) is 9.34 Å². The first-order valence-corrected chi connectivity index (χ1v) is 5.96. The summed E-state index contributed by atoms with van der Waals surface area (Å²) >= 11 is 7.00. The molecular formula is C9H11ClN2O2S. The minimum Gasteiger partial charge on any atom is -0.480 e. The van der Waals surface area contributed by atoms with E-state index in [1.165, 1.54) is 17.5 Å². The van der Waals surface area contributed by atoms with Gasteiger partial charge < -0.3 is 5.11 Å². The fraction of sp³-hybridized carbons (Fsp3) is 0.556. The smallest absolute Gasteiger partial charge is 0.328 e. The van der Waals surface area contributed by atoms with Gasteiger partial charge in [0.15, 0.2) is 6.04 Å². The Bertz CT molecular complexity index is 363. The zero-order valence-corrected chi connectivity index (χ0v) is 9.59. The summed E-state index contributed by atoms with van der Waals surface area (Å²) in [5, 5.41) is 9.76. The topological polar surface area (TPSA) is 53.4 Å². The molecule has 1 atom stereocenters. The van der Waals surface area contributed by atoms with Crippen LogP contribution in [-0.4, -0.2) is 34.0 Å². The van der Waals surface area contributed by atoms with E-state index >= 15 is 0 Å². The Labute approximate surface area is 96.5 Å². The zero-order valence-electron chi connectivity index (χ0n) is 8.02. The molecule has 1 aromatic rings. The summed E-state index contributed by atoms with van der Waals surface area (Å²) in [6, 6.07) is -0.620. The van der Waals surface area contributed by atoms with Crippen molar-refractivity contribution in [2.45, 2.75) is 18.9 Å². The first-order valence-electron chi connectivity index (χ1n) is 4.76. The second-order valence-corrected chi connectivity index (χ2v) is 5.18. The largest absolute Gasteiger partial charge is 0.480 e. The van der Waals surface area contributed by atoms with Gasteiger partial charge in [-0.2, -0.15) is 0 Å². The number of thiazole rings is 1. The average molecular weight is 247 g/mol. The maximum Gasteiger partial charge on any atom is 0.328 e. The van der Waals surface area contributed by atoms with Gasteiger partial charge >= 0.3 is 5.97 Å². The molecule has 1 aliphatic rings. The second-order valence-electron chi connectivity index (χ2n) is 3.49. The highest BCUT2D eigenvalue weighted by molar-refractivity contribution is 7.16. The Morgan fingerprint density at radius 3 is 2.73 bits per heavy atom. The number of halogens is 1. The molecular weight excluding hydrogens is 236 g/mol. The summed E-state index contributed by atoms with van der Waals surface area (Å²) in [7, 11) is 0. The maximum atomic E-state index is 11.2. The number of carboxylic acids is 1. The number of aliphatic carboxylic acids is 1. The molecule has 15 heavy (non-hydrogen) atoms. The lowest BCUT2D eigenvalue weighted by Crippen LogP contribution is -2.31. The molecule has 6 heteroatoms. The van der Waals surface area contributed by atoms with Gasteiger partial charge in [0, 0.05) is 0 Å². The molecule has 0 amide bonds. The van der Waals surface area contributed by atoms with E-state index < -0.39 is 12.0 Å². The molecule has 2 rings (SSSR count). The van der Waals surface area contributed by atoms with Crippen LogP contribution in [0.5, 0.6) is 0 Å². The van der Waals surface area contributed by atoms with Crippen molar-refractivity contribution >= 4 is 28.9 Å². The number of hydrogen-bond donors (Lipinski definition) is 1. The Kier molecular flexibility index (Phi) is 3.23. The van der Waals surface area contributed by atoms with E-state index in [-0.39, 0.29) is 0 Å². The molecule has 1 aliphatic heterocycles. The van der Waals surface area contributed by atoms with E-state index in [0.29, 0.717) is 9.34 Å². The van der Waals surface area contributed by atoms with E-state index in [9.17, 15) is 9.90 Å². The van der Waals surface area contributed by atoms with Crippen LogP contribution in [0.2, 0.25) is 4.34 Å². The molecule has 1 saturated heterocycles. The van der Waals surface area contributed by atoms with Crippen LogP contribution in [0.1, 0.15) is 23.9 Å². The molecule has 1 N–H and O–H groups in total. The predicted molar refractivity (Wildman–Crippen MR) is 58.3 cm³/mol. The lowest BCUT2D eigenvalue weighted by Gasteiger charge is -2.21. The second kappa shape index (κ2) is 4.47. The van der Waals surface area contributed by atoms with Crippen LogP contribution in [-0.2, 0) is 4.79 Å². The van der Waals surface area contributed by atoms with Gasteiger partial charge in [0.05, 0.1) is 6.20 Å². The number of aromatic nitrogens is 1. The van der Waals surface area contributed by atoms with Gasteiger partial charge in [-0.3, -0.25) is 9.69 Å².